The van der Waals surface area contributed by atoms with Gasteiger partial charge in [-0.3, -0.25) is 4.55 Å². The maximum atomic E-state index is 11.8. The molecule has 6 nitrogen and oxygen atoms in total. The lowest BCUT2D eigenvalue weighted by Gasteiger charge is -2.34. The molecule has 0 bridgehead atoms. The molecule has 1 saturated heterocycles. The van der Waals surface area contributed by atoms with Gasteiger partial charge in [-0.2, -0.15) is 30.0 Å². The van der Waals surface area contributed by atoms with Crippen LogP contribution in [0.25, 0.3) is 0 Å². The first-order chi connectivity index (χ1) is 12.5. The van der Waals surface area contributed by atoms with Crippen molar-refractivity contribution in [3.8, 4) is 5.75 Å². The minimum absolute atomic E-state index is 0.371. The van der Waals surface area contributed by atoms with Gasteiger partial charge >= 0.3 is 15.6 Å². The van der Waals surface area contributed by atoms with E-state index >= 15 is 0 Å². The van der Waals surface area contributed by atoms with Gasteiger partial charge in [0.05, 0.1) is 14.3 Å². The van der Waals surface area contributed by atoms with Crippen LogP contribution in [-0.4, -0.2) is 41.2 Å². The van der Waals surface area contributed by atoms with E-state index in [0.717, 1.165) is 17.7 Å². The number of alkyl halides is 3. The Morgan fingerprint density at radius 3 is 1.86 bits per heavy atom. The molecule has 0 radical (unpaired) electrons. The predicted molar refractivity (Wildman–Crippen MR) is 105 cm³/mol. The van der Waals surface area contributed by atoms with E-state index in [1.807, 2.05) is 0 Å². The lowest BCUT2D eigenvalue weighted by Crippen LogP contribution is -2.33. The van der Waals surface area contributed by atoms with Crippen molar-refractivity contribution in [3.05, 3.63) is 30.3 Å². The molecule has 0 aromatic heterocycles. The fourth-order valence-corrected chi connectivity index (χ4v) is 5.42. The molecular formula is C16H27F3O6S2Si. The molecule has 1 N–H and O–H groups in total. The second kappa shape index (κ2) is 10.6. The first-order valence-corrected chi connectivity index (χ1v) is 15.0. The highest BCUT2D eigenvalue weighted by Crippen LogP contribution is 2.36. The maximum Gasteiger partial charge on any atom is 0.534 e. The lowest BCUT2D eigenvalue weighted by molar-refractivity contribution is -0.0500. The van der Waals surface area contributed by atoms with Crippen molar-refractivity contribution in [2.45, 2.75) is 56.4 Å². The minimum atomic E-state index is -5.55. The van der Waals surface area contributed by atoms with E-state index in [9.17, 15) is 30.0 Å². The third-order valence-electron chi connectivity index (χ3n) is 4.27. The summed E-state index contributed by atoms with van der Waals surface area (Å²) in [5.41, 5.74) is -4.31. The van der Waals surface area contributed by atoms with Crippen molar-refractivity contribution in [3.63, 3.8) is 0 Å². The highest BCUT2D eigenvalue weighted by Gasteiger charge is 2.48. The summed E-state index contributed by atoms with van der Waals surface area (Å²) in [6.07, 6.45) is 5.24. The zero-order chi connectivity index (χ0) is 22.2. The summed E-state index contributed by atoms with van der Waals surface area (Å²) in [6, 6.07) is 8.05. The van der Waals surface area contributed by atoms with E-state index in [1.54, 1.807) is 6.04 Å². The van der Waals surface area contributed by atoms with Crippen LogP contribution in [0.2, 0.25) is 24.7 Å². The lowest BCUT2D eigenvalue weighted by atomic mass is 10.2. The zero-order valence-corrected chi connectivity index (χ0v) is 18.9. The Hall–Kier alpha value is -1.11. The Morgan fingerprint density at radius 1 is 1.07 bits per heavy atom. The van der Waals surface area contributed by atoms with Crippen molar-refractivity contribution < 1.29 is 38.7 Å². The molecule has 1 heterocycles. The van der Waals surface area contributed by atoms with E-state index in [-0.39, 0.29) is 5.75 Å². The summed E-state index contributed by atoms with van der Waals surface area (Å²) < 4.78 is 86.0. The average molecular weight is 465 g/mol. The summed E-state index contributed by atoms with van der Waals surface area (Å²) in [5.74, 6) is -0.371. The fraction of sp³-hybridized carbons (Fsp3) is 0.625. The predicted octanol–water partition coefficient (Wildman–Crippen LogP) is 4.69. The van der Waals surface area contributed by atoms with Gasteiger partial charge in [-0.15, -0.1) is 0 Å². The van der Waals surface area contributed by atoms with Crippen LogP contribution in [0.3, 0.4) is 0 Å². The molecule has 1 aliphatic rings. The molecule has 2 rings (SSSR count). The van der Waals surface area contributed by atoms with Gasteiger partial charge in [0.1, 0.15) is 5.75 Å². The maximum absolute atomic E-state index is 11.8. The molecular weight excluding hydrogens is 437 g/mol. The Labute approximate surface area is 166 Å². The van der Waals surface area contributed by atoms with Gasteiger partial charge in [0.2, 0.25) is 0 Å². The first-order valence-electron chi connectivity index (χ1n) is 8.44. The second-order valence-electron chi connectivity index (χ2n) is 7.16. The normalized spacial score (nSPS) is 19.4. The number of rotatable bonds is 2. The molecule has 1 unspecified atom stereocenters. The SMILES string of the molecule is CC1CCCC[Si]1(C)C.CS(=O)(=O)O.O=S(=O)(Oc1ccccc1)C(F)(F)F. The molecule has 1 aromatic rings. The average Bonchev–Trinajstić information content (AvgIpc) is 2.49. The van der Waals surface area contributed by atoms with Gasteiger partial charge in [0.25, 0.3) is 10.1 Å². The monoisotopic (exact) mass is 464 g/mol. The van der Waals surface area contributed by atoms with E-state index < -0.39 is 33.8 Å². The van der Waals surface area contributed by atoms with E-state index in [0.29, 0.717) is 6.26 Å². The van der Waals surface area contributed by atoms with Crippen molar-refractivity contribution in [2.24, 2.45) is 0 Å². The molecule has 0 amide bonds. The molecule has 1 fully saturated rings. The van der Waals surface area contributed by atoms with Gasteiger partial charge in [0, 0.05) is 0 Å². The van der Waals surface area contributed by atoms with Crippen molar-refractivity contribution >= 4 is 28.3 Å². The van der Waals surface area contributed by atoms with Crippen LogP contribution in [0.15, 0.2) is 30.3 Å². The second-order valence-corrected chi connectivity index (χ2v) is 15.6. The third-order valence-corrected chi connectivity index (χ3v) is 9.85. The molecule has 0 saturated carbocycles. The van der Waals surface area contributed by atoms with Crippen LogP contribution in [0, 0.1) is 0 Å². The van der Waals surface area contributed by atoms with Gasteiger partial charge in [0.15, 0.2) is 0 Å². The molecule has 1 atom stereocenters. The summed E-state index contributed by atoms with van der Waals surface area (Å²) in [5, 5.41) is 0. The Balaban J connectivity index is 0.000000445. The van der Waals surface area contributed by atoms with Crippen molar-refractivity contribution in [1.82, 2.24) is 0 Å². The number of hydrogen-bond donors (Lipinski definition) is 1. The van der Waals surface area contributed by atoms with Gasteiger partial charge in [-0.25, -0.2) is 0 Å². The minimum Gasteiger partial charge on any atom is -0.376 e. The van der Waals surface area contributed by atoms with Crippen molar-refractivity contribution in [2.75, 3.05) is 6.26 Å². The fourth-order valence-electron chi connectivity index (χ4n) is 2.32. The zero-order valence-electron chi connectivity index (χ0n) is 16.2. The molecule has 28 heavy (non-hydrogen) atoms. The highest BCUT2D eigenvalue weighted by molar-refractivity contribution is 7.88. The summed E-state index contributed by atoms with van der Waals surface area (Å²) in [6.45, 7) is 7.53. The van der Waals surface area contributed by atoms with Crippen LogP contribution in [0.1, 0.15) is 26.2 Å². The van der Waals surface area contributed by atoms with E-state index in [1.165, 1.54) is 37.5 Å². The quantitative estimate of drug-likeness (QED) is 0.295. The molecule has 1 aliphatic heterocycles. The van der Waals surface area contributed by atoms with Crippen LogP contribution in [0.5, 0.6) is 5.75 Å². The van der Waals surface area contributed by atoms with Gasteiger partial charge in [-0.1, -0.05) is 63.5 Å². The van der Waals surface area contributed by atoms with Gasteiger partial charge < -0.3 is 4.18 Å². The number of hydrogen-bond acceptors (Lipinski definition) is 5. The molecule has 0 aliphatic carbocycles. The number of halogens is 3. The largest absolute Gasteiger partial charge is 0.534 e. The summed E-state index contributed by atoms with van der Waals surface area (Å²) in [7, 11) is -9.91. The Bertz CT molecular complexity index is 785. The molecule has 1 aromatic carbocycles. The van der Waals surface area contributed by atoms with Crippen LogP contribution < -0.4 is 4.18 Å². The molecule has 0 spiro atoms. The Morgan fingerprint density at radius 2 is 1.54 bits per heavy atom. The molecule has 12 heteroatoms. The van der Waals surface area contributed by atoms with Gasteiger partial charge in [-0.05, 0) is 17.7 Å². The van der Waals surface area contributed by atoms with E-state index in [2.05, 4.69) is 24.2 Å². The number of benzene rings is 1. The Kier molecular flexibility index (Phi) is 10.2. The number of para-hydroxylation sites is 1. The molecule has 164 valence electrons. The van der Waals surface area contributed by atoms with Crippen LogP contribution in [-0.2, 0) is 20.2 Å². The van der Waals surface area contributed by atoms with Crippen LogP contribution in [0.4, 0.5) is 13.2 Å². The van der Waals surface area contributed by atoms with Crippen LogP contribution >= 0.6 is 0 Å². The topological polar surface area (TPSA) is 97.7 Å². The smallest absolute Gasteiger partial charge is 0.376 e. The third kappa shape index (κ3) is 11.7. The standard InChI is InChI=1S/C8H18Si.C7H5F3O3S.CH4O3S/c1-8-6-4-5-7-9(8,2)3;8-7(9,10)14(11,12)13-6-4-2-1-3-5-6;1-5(2,3)4/h8H,4-7H2,1-3H3;1-5H;1H3,(H,2,3,4). The summed E-state index contributed by atoms with van der Waals surface area (Å²) in [4.78, 5) is 0. The van der Waals surface area contributed by atoms with E-state index in [4.69, 9.17) is 4.55 Å². The summed E-state index contributed by atoms with van der Waals surface area (Å²) >= 11 is 0. The highest BCUT2D eigenvalue weighted by atomic mass is 32.2. The first kappa shape index (κ1) is 26.9. The van der Waals surface area contributed by atoms with Crippen molar-refractivity contribution in [1.29, 1.82) is 0 Å².